The highest BCUT2D eigenvalue weighted by atomic mass is 79.9. The van der Waals surface area contributed by atoms with E-state index in [0.717, 1.165) is 5.56 Å². The third-order valence-corrected chi connectivity index (χ3v) is 3.95. The number of nitrogens with one attached hydrogen (secondary N) is 1. The van der Waals surface area contributed by atoms with Gasteiger partial charge in [-0.2, -0.15) is 0 Å². The van der Waals surface area contributed by atoms with Gasteiger partial charge in [-0.15, -0.1) is 0 Å². The van der Waals surface area contributed by atoms with Crippen molar-refractivity contribution in [3.8, 4) is 5.75 Å². The molecule has 1 N–H and O–H groups in total. The van der Waals surface area contributed by atoms with Crippen LogP contribution < -0.4 is 10.1 Å². The van der Waals surface area contributed by atoms with Gasteiger partial charge in [0.25, 0.3) is 5.91 Å². The number of fused-ring (bicyclic) bond motifs is 1. The first-order valence-corrected chi connectivity index (χ1v) is 6.91. The van der Waals surface area contributed by atoms with E-state index >= 15 is 0 Å². The van der Waals surface area contributed by atoms with Crippen LogP contribution >= 0.6 is 15.9 Å². The predicted octanol–water partition coefficient (Wildman–Crippen LogP) is 3.00. The Morgan fingerprint density at radius 2 is 2.14 bits per heavy atom. The van der Waals surface area contributed by atoms with E-state index in [1.54, 1.807) is 18.2 Å². The van der Waals surface area contributed by atoms with Crippen LogP contribution in [0.25, 0.3) is 0 Å². The van der Waals surface area contributed by atoms with Crippen molar-refractivity contribution in [1.82, 2.24) is 0 Å². The van der Waals surface area contributed by atoms with E-state index in [4.69, 9.17) is 9.15 Å². The Hall–Kier alpha value is -2.35. The molecule has 7 nitrogen and oxygen atoms in total. The zero-order chi connectivity index (χ0) is 15.0. The minimum atomic E-state index is -0.593. The third kappa shape index (κ3) is 2.62. The quantitative estimate of drug-likeness (QED) is 0.520. The van der Waals surface area contributed by atoms with E-state index in [1.807, 2.05) is 0 Å². The van der Waals surface area contributed by atoms with E-state index in [1.165, 1.54) is 12.1 Å². The maximum absolute atomic E-state index is 11.3. The molecule has 0 saturated heterocycles. The van der Waals surface area contributed by atoms with Crippen LogP contribution in [0.15, 0.2) is 34.7 Å². The number of carbonyl (C=O) groups is 1. The van der Waals surface area contributed by atoms with Crippen molar-refractivity contribution < 1.29 is 18.9 Å². The fraction of sp³-hybridized carbons (Fsp3) is 0.154. The maximum Gasteiger partial charge on any atom is 0.433 e. The number of alkyl halides is 1. The number of benzene rings is 1. The van der Waals surface area contributed by atoms with Crippen molar-refractivity contribution in [2.45, 2.75) is 4.83 Å². The van der Waals surface area contributed by atoms with Gasteiger partial charge >= 0.3 is 5.88 Å². The van der Waals surface area contributed by atoms with Gasteiger partial charge in [-0.25, -0.2) is 0 Å². The van der Waals surface area contributed by atoms with Gasteiger partial charge in [0.1, 0.15) is 16.4 Å². The SMILES string of the molecule is O=C1COc2ccc(C(Br)c3ccc([N+](=O)[O-])o3)cc2N1. The zero-order valence-corrected chi connectivity index (χ0v) is 12.1. The summed E-state index contributed by atoms with van der Waals surface area (Å²) in [6.07, 6.45) is 0. The number of hydrogen-bond acceptors (Lipinski definition) is 5. The number of nitro groups is 1. The molecule has 0 saturated carbocycles. The molecule has 108 valence electrons. The highest BCUT2D eigenvalue weighted by Crippen LogP contribution is 2.37. The molecule has 1 atom stereocenters. The number of carbonyl (C=O) groups excluding carboxylic acids is 1. The van der Waals surface area contributed by atoms with Crippen molar-refractivity contribution in [3.05, 3.63) is 51.8 Å². The molecule has 21 heavy (non-hydrogen) atoms. The summed E-state index contributed by atoms with van der Waals surface area (Å²) < 4.78 is 10.4. The number of halogens is 1. The van der Waals surface area contributed by atoms with E-state index in [9.17, 15) is 14.9 Å². The van der Waals surface area contributed by atoms with E-state index in [0.29, 0.717) is 17.2 Å². The second kappa shape index (κ2) is 5.21. The van der Waals surface area contributed by atoms with Gasteiger partial charge in [0.05, 0.1) is 16.6 Å². The lowest BCUT2D eigenvalue weighted by Gasteiger charge is -2.19. The molecule has 1 aliphatic heterocycles. The Kier molecular flexibility index (Phi) is 3.38. The molecule has 0 bridgehead atoms. The summed E-state index contributed by atoms with van der Waals surface area (Å²) in [4.78, 5) is 21.0. The van der Waals surface area contributed by atoms with Gasteiger partial charge in [-0.05, 0) is 23.8 Å². The van der Waals surface area contributed by atoms with Gasteiger partial charge in [0.15, 0.2) is 6.61 Å². The third-order valence-electron chi connectivity index (χ3n) is 2.97. The van der Waals surface area contributed by atoms with Crippen molar-refractivity contribution in [3.63, 3.8) is 0 Å². The first-order chi connectivity index (χ1) is 10.0. The van der Waals surface area contributed by atoms with Crippen LogP contribution in [0.1, 0.15) is 16.2 Å². The normalized spacial score (nSPS) is 14.8. The summed E-state index contributed by atoms with van der Waals surface area (Å²) in [6, 6.07) is 8.10. The molecule has 2 aromatic rings. The van der Waals surface area contributed by atoms with Crippen molar-refractivity contribution in [2.75, 3.05) is 11.9 Å². The van der Waals surface area contributed by atoms with E-state index < -0.39 is 4.92 Å². The Bertz CT molecular complexity index is 727. The minimum Gasteiger partial charge on any atom is -0.482 e. The Morgan fingerprint density at radius 1 is 1.33 bits per heavy atom. The fourth-order valence-electron chi connectivity index (χ4n) is 2.00. The molecule has 1 aromatic carbocycles. The molecule has 1 amide bonds. The first kappa shape index (κ1) is 13.6. The van der Waals surface area contributed by atoms with Crippen LogP contribution in [-0.2, 0) is 4.79 Å². The lowest BCUT2D eigenvalue weighted by Crippen LogP contribution is -2.25. The van der Waals surface area contributed by atoms with Crippen LogP contribution in [-0.4, -0.2) is 17.4 Å². The first-order valence-electron chi connectivity index (χ1n) is 5.99. The molecule has 3 rings (SSSR count). The molecular weight excluding hydrogens is 344 g/mol. The summed E-state index contributed by atoms with van der Waals surface area (Å²) >= 11 is 3.43. The summed E-state index contributed by atoms with van der Waals surface area (Å²) in [7, 11) is 0. The molecule has 1 unspecified atom stereocenters. The second-order valence-electron chi connectivity index (χ2n) is 4.39. The number of anilines is 1. The average Bonchev–Trinajstić information content (AvgIpc) is 2.95. The lowest BCUT2D eigenvalue weighted by molar-refractivity contribution is -0.402. The zero-order valence-electron chi connectivity index (χ0n) is 10.5. The van der Waals surface area contributed by atoms with Crippen LogP contribution in [0.2, 0.25) is 0 Å². The maximum atomic E-state index is 11.3. The summed E-state index contributed by atoms with van der Waals surface area (Å²) in [6.45, 7) is -0.00549. The molecular formula is C13H9BrN2O5. The molecule has 0 spiro atoms. The van der Waals surface area contributed by atoms with Crippen molar-refractivity contribution >= 4 is 33.4 Å². The number of nitrogens with zero attached hydrogens (tertiary/aromatic N) is 1. The second-order valence-corrected chi connectivity index (χ2v) is 5.30. The summed E-state index contributed by atoms with van der Waals surface area (Å²) in [5, 5.41) is 13.3. The van der Waals surface area contributed by atoms with Crippen LogP contribution in [0, 0.1) is 10.1 Å². The van der Waals surface area contributed by atoms with Crippen molar-refractivity contribution in [2.24, 2.45) is 0 Å². The van der Waals surface area contributed by atoms with Gasteiger partial charge < -0.3 is 14.5 Å². The summed E-state index contributed by atoms with van der Waals surface area (Å²) in [5.41, 5.74) is 1.35. The van der Waals surface area contributed by atoms with Gasteiger partial charge in [-0.1, -0.05) is 22.0 Å². The Balaban J connectivity index is 1.90. The van der Waals surface area contributed by atoms with Crippen LogP contribution in [0.5, 0.6) is 5.75 Å². The van der Waals surface area contributed by atoms with Gasteiger partial charge in [0, 0.05) is 0 Å². The van der Waals surface area contributed by atoms with E-state index in [-0.39, 0.29) is 23.2 Å². The van der Waals surface area contributed by atoms with E-state index in [2.05, 4.69) is 21.2 Å². The molecule has 0 fully saturated rings. The Labute approximate surface area is 127 Å². The molecule has 8 heteroatoms. The number of amides is 1. The fourth-order valence-corrected chi connectivity index (χ4v) is 2.53. The Morgan fingerprint density at radius 3 is 2.86 bits per heavy atom. The van der Waals surface area contributed by atoms with Gasteiger partial charge in [0.2, 0.25) is 0 Å². The lowest BCUT2D eigenvalue weighted by atomic mass is 10.1. The molecule has 1 aromatic heterocycles. The predicted molar refractivity (Wildman–Crippen MR) is 76.7 cm³/mol. The van der Waals surface area contributed by atoms with Crippen LogP contribution in [0.4, 0.5) is 11.6 Å². The number of rotatable bonds is 3. The highest BCUT2D eigenvalue weighted by molar-refractivity contribution is 9.09. The number of ether oxygens (including phenoxy) is 1. The monoisotopic (exact) mass is 352 g/mol. The number of furan rings is 1. The highest BCUT2D eigenvalue weighted by Gasteiger charge is 2.22. The van der Waals surface area contributed by atoms with Gasteiger partial charge in [-0.3, -0.25) is 14.9 Å². The van der Waals surface area contributed by atoms with Crippen LogP contribution in [0.3, 0.4) is 0 Å². The molecule has 1 aliphatic rings. The molecule has 0 radical (unpaired) electrons. The smallest absolute Gasteiger partial charge is 0.433 e. The number of hydrogen-bond donors (Lipinski definition) is 1. The topological polar surface area (TPSA) is 94.6 Å². The van der Waals surface area contributed by atoms with Crippen molar-refractivity contribution in [1.29, 1.82) is 0 Å². The minimum absolute atomic E-state index is 0.00549. The molecule has 2 heterocycles. The summed E-state index contributed by atoms with van der Waals surface area (Å²) in [5.74, 6) is 0.455. The largest absolute Gasteiger partial charge is 0.482 e. The average molecular weight is 353 g/mol. The standard InChI is InChI=1S/C13H9BrN2O5/c14-13(10-3-4-12(21-10)16(18)19)7-1-2-9-8(5-7)15-11(17)6-20-9/h1-5,13H,6H2,(H,15,17). The molecule has 0 aliphatic carbocycles.